The lowest BCUT2D eigenvalue weighted by Crippen LogP contribution is -2.67. The van der Waals surface area contributed by atoms with Gasteiger partial charge in [0.2, 0.25) is 0 Å². The molecule has 0 bridgehead atoms. The molecule has 238 valence electrons. The van der Waals surface area contributed by atoms with E-state index in [2.05, 4.69) is 69.3 Å². The summed E-state index contributed by atoms with van der Waals surface area (Å²) >= 11 is 0. The van der Waals surface area contributed by atoms with E-state index in [1.54, 1.807) is 6.08 Å². The smallest absolute Gasteiger partial charge is 0.331 e. The predicted molar refractivity (Wildman–Crippen MR) is 182 cm³/mol. The van der Waals surface area contributed by atoms with Gasteiger partial charge in [-0.3, -0.25) is 0 Å². The Balaban J connectivity index is 1.45. The van der Waals surface area contributed by atoms with Crippen LogP contribution in [-0.2, 0) is 28.2 Å². The van der Waals surface area contributed by atoms with E-state index in [-0.39, 0.29) is 5.04 Å². The molecule has 0 unspecified atom stereocenters. The van der Waals surface area contributed by atoms with Crippen LogP contribution in [0, 0.1) is 0 Å². The van der Waals surface area contributed by atoms with Crippen LogP contribution in [0.2, 0.25) is 5.04 Å². The Bertz CT molecular complexity index is 1580. The number of esters is 1. The minimum absolute atomic E-state index is 0.295. The lowest BCUT2D eigenvalue weighted by molar-refractivity contribution is -0.228. The van der Waals surface area contributed by atoms with Crippen LogP contribution in [0.25, 0.3) is 6.08 Å². The van der Waals surface area contributed by atoms with Gasteiger partial charge in [0.05, 0.1) is 0 Å². The highest BCUT2D eigenvalue weighted by atomic mass is 28.4. The Kier molecular flexibility index (Phi) is 9.14. The van der Waals surface area contributed by atoms with Crippen molar-refractivity contribution in [2.75, 3.05) is 0 Å². The molecule has 0 amide bonds. The van der Waals surface area contributed by atoms with Gasteiger partial charge in [0.1, 0.15) is 12.2 Å². The van der Waals surface area contributed by atoms with Crippen molar-refractivity contribution < 1.29 is 28.2 Å². The molecule has 5 atom stereocenters. The predicted octanol–water partition coefficient (Wildman–Crippen LogP) is 6.81. The summed E-state index contributed by atoms with van der Waals surface area (Å²) in [5.74, 6) is -1.39. The average molecular weight is 635 g/mol. The molecular weight excluding hydrogens is 593 g/mol. The highest BCUT2D eigenvalue weighted by molar-refractivity contribution is 6.99. The zero-order valence-corrected chi connectivity index (χ0v) is 28.0. The Hall–Kier alpha value is -3.85. The lowest BCUT2D eigenvalue weighted by Gasteiger charge is -2.46. The van der Waals surface area contributed by atoms with Crippen LogP contribution in [0.1, 0.15) is 51.8 Å². The zero-order chi connectivity index (χ0) is 32.4. The quantitative estimate of drug-likeness (QED) is 0.115. The first kappa shape index (κ1) is 32.1. The molecule has 0 N–H and O–H groups in total. The summed E-state index contributed by atoms with van der Waals surface area (Å²) in [5, 5.41) is 1.98. The number of carbonyl (C=O) groups is 1. The summed E-state index contributed by atoms with van der Waals surface area (Å²) in [5.41, 5.74) is 1.82. The van der Waals surface area contributed by atoms with E-state index in [4.69, 9.17) is 23.4 Å². The van der Waals surface area contributed by atoms with Crippen LogP contribution in [0.4, 0.5) is 0 Å². The monoisotopic (exact) mass is 634 g/mol. The van der Waals surface area contributed by atoms with Crippen LogP contribution in [-0.4, -0.2) is 44.7 Å². The van der Waals surface area contributed by atoms with Gasteiger partial charge in [0.25, 0.3) is 8.32 Å². The molecule has 4 aromatic carbocycles. The fourth-order valence-electron chi connectivity index (χ4n) is 6.63. The van der Waals surface area contributed by atoms with E-state index in [1.165, 1.54) is 6.08 Å². The summed E-state index contributed by atoms with van der Waals surface area (Å²) in [7, 11) is -3.07. The summed E-state index contributed by atoms with van der Waals surface area (Å²) in [6, 6.07) is 40.7. The maximum atomic E-state index is 13.4. The van der Waals surface area contributed by atoms with Crippen molar-refractivity contribution in [3.63, 3.8) is 0 Å². The molecule has 2 fully saturated rings. The molecule has 46 heavy (non-hydrogen) atoms. The molecule has 0 aromatic heterocycles. The van der Waals surface area contributed by atoms with Gasteiger partial charge >= 0.3 is 5.97 Å². The van der Waals surface area contributed by atoms with Gasteiger partial charge in [-0.2, -0.15) is 0 Å². The molecule has 2 aliphatic heterocycles. The van der Waals surface area contributed by atoms with E-state index in [9.17, 15) is 4.79 Å². The Morgan fingerprint density at radius 1 is 0.783 bits per heavy atom. The molecule has 0 saturated carbocycles. The van der Waals surface area contributed by atoms with Gasteiger partial charge in [0, 0.05) is 6.08 Å². The van der Waals surface area contributed by atoms with Gasteiger partial charge in [0.15, 0.2) is 24.3 Å². The van der Waals surface area contributed by atoms with Crippen LogP contribution >= 0.6 is 0 Å². The van der Waals surface area contributed by atoms with Crippen molar-refractivity contribution >= 4 is 30.7 Å². The van der Waals surface area contributed by atoms with Crippen LogP contribution in [0.15, 0.2) is 127 Å². The summed E-state index contributed by atoms with van der Waals surface area (Å²) in [6.07, 6.45) is -0.320. The Morgan fingerprint density at radius 3 is 1.85 bits per heavy atom. The van der Waals surface area contributed by atoms with Crippen molar-refractivity contribution in [3.8, 4) is 0 Å². The number of carbonyl (C=O) groups excluding carboxylic acids is 1. The number of hydrogen-bond donors (Lipinski definition) is 0. The van der Waals surface area contributed by atoms with E-state index in [0.29, 0.717) is 0 Å². The molecule has 6 nitrogen and oxygen atoms in total. The van der Waals surface area contributed by atoms with Crippen LogP contribution in [0.3, 0.4) is 0 Å². The van der Waals surface area contributed by atoms with Crippen molar-refractivity contribution in [2.45, 2.75) is 76.1 Å². The van der Waals surface area contributed by atoms with Gasteiger partial charge < -0.3 is 23.4 Å². The molecule has 2 heterocycles. The SMILES string of the molecule is CC1(C)O[C@H]2O[C@H]([C@H](O[Si](c3ccccc3)(c3ccccc3)C(C)(C)C)c3ccccc3)[C@H](OC(=O)/C=C/c3ccccc3)[C@H]2O1. The third-order valence-corrected chi connectivity index (χ3v) is 13.7. The van der Waals surface area contributed by atoms with E-state index < -0.39 is 50.8 Å². The van der Waals surface area contributed by atoms with E-state index >= 15 is 0 Å². The number of ether oxygens (including phenoxy) is 4. The standard InChI is InChI=1S/C39H42O6Si/c1-38(2,3)46(30-22-14-8-15-23-30,31-24-16-9-17-25-31)45-33(29-20-12-7-13-21-29)34-35(36-37(42-34)44-39(4,5)43-36)41-32(40)27-26-28-18-10-6-11-19-28/h6-27,33-37H,1-5H3/b27-26+/t33-,34-,35+,36-,37-/m1/s1. The van der Waals surface area contributed by atoms with E-state index in [1.807, 2.05) is 86.6 Å². The van der Waals surface area contributed by atoms with Gasteiger partial charge in [-0.05, 0) is 46.5 Å². The largest absolute Gasteiger partial charge is 0.453 e. The Morgan fingerprint density at radius 2 is 1.30 bits per heavy atom. The number of fused-ring (bicyclic) bond motifs is 1. The first-order valence-corrected chi connectivity index (χ1v) is 17.8. The van der Waals surface area contributed by atoms with Crippen LogP contribution in [0.5, 0.6) is 0 Å². The first-order chi connectivity index (χ1) is 22.1. The number of rotatable bonds is 9. The molecule has 0 radical (unpaired) electrons. The van der Waals surface area contributed by atoms with Gasteiger partial charge in [-0.25, -0.2) is 4.79 Å². The maximum absolute atomic E-state index is 13.4. The minimum atomic E-state index is -3.07. The van der Waals surface area contributed by atoms with Gasteiger partial charge in [-0.1, -0.05) is 142 Å². The summed E-state index contributed by atoms with van der Waals surface area (Å²) in [4.78, 5) is 13.4. The molecule has 7 heteroatoms. The summed E-state index contributed by atoms with van der Waals surface area (Å²) < 4.78 is 33.2. The molecule has 4 aromatic rings. The number of benzene rings is 4. The third kappa shape index (κ3) is 6.52. The fraction of sp³-hybridized carbons (Fsp3) is 0.308. The fourth-order valence-corrected chi connectivity index (χ4v) is 11.3. The topological polar surface area (TPSA) is 63.2 Å². The molecule has 2 aliphatic rings. The molecule has 6 rings (SSSR count). The molecule has 0 spiro atoms. The second kappa shape index (κ2) is 13.1. The lowest BCUT2D eigenvalue weighted by atomic mass is 9.99. The molecule has 2 saturated heterocycles. The summed E-state index contributed by atoms with van der Waals surface area (Å²) in [6.45, 7) is 10.4. The second-order valence-electron chi connectivity index (χ2n) is 13.3. The van der Waals surface area contributed by atoms with Crippen molar-refractivity contribution in [1.29, 1.82) is 0 Å². The van der Waals surface area contributed by atoms with Crippen molar-refractivity contribution in [2.24, 2.45) is 0 Å². The average Bonchev–Trinajstić information content (AvgIpc) is 3.53. The normalized spacial score (nSPS) is 23.2. The van der Waals surface area contributed by atoms with Crippen molar-refractivity contribution in [3.05, 3.63) is 139 Å². The third-order valence-electron chi connectivity index (χ3n) is 8.64. The molecular formula is C39H42O6Si. The zero-order valence-electron chi connectivity index (χ0n) is 27.0. The maximum Gasteiger partial charge on any atom is 0.331 e. The second-order valence-corrected chi connectivity index (χ2v) is 17.6. The number of hydrogen-bond acceptors (Lipinski definition) is 6. The first-order valence-electron chi connectivity index (χ1n) is 15.9. The van der Waals surface area contributed by atoms with Gasteiger partial charge in [-0.15, -0.1) is 0 Å². The highest BCUT2D eigenvalue weighted by Gasteiger charge is 2.61. The molecule has 0 aliphatic carbocycles. The van der Waals surface area contributed by atoms with E-state index in [0.717, 1.165) is 21.5 Å². The highest BCUT2D eigenvalue weighted by Crippen LogP contribution is 2.47. The Labute approximate surface area is 273 Å². The van der Waals surface area contributed by atoms with Crippen molar-refractivity contribution in [1.82, 2.24) is 0 Å². The minimum Gasteiger partial charge on any atom is -0.453 e. The van der Waals surface area contributed by atoms with Crippen LogP contribution < -0.4 is 10.4 Å².